The molecule has 4 rings (SSSR count). The van der Waals surface area contributed by atoms with E-state index < -0.39 is 30.1 Å². The molecule has 0 aliphatic heterocycles. The summed E-state index contributed by atoms with van der Waals surface area (Å²) in [7, 11) is 1.32. The number of benzene rings is 3. The highest BCUT2D eigenvalue weighted by molar-refractivity contribution is 7.95. The lowest BCUT2D eigenvalue weighted by molar-refractivity contribution is -0.142. The molecule has 10 heteroatoms. The first-order valence-corrected chi connectivity index (χ1v) is 13.0. The van der Waals surface area contributed by atoms with Gasteiger partial charge < -0.3 is 14.8 Å². The van der Waals surface area contributed by atoms with Crippen molar-refractivity contribution in [2.45, 2.75) is 31.3 Å². The number of hydrogen-bond donors (Lipinski definition) is 4. The van der Waals surface area contributed by atoms with E-state index in [1.807, 2.05) is 66.7 Å². The number of carbonyl (C=O) groups is 3. The van der Waals surface area contributed by atoms with E-state index in [-0.39, 0.29) is 12.5 Å². The standard InChI is InChI=1S/C28H30N4O5S/c1-18(26(33)30-32-38-31-25(27(34)36-2)16-19-10-4-3-5-11-19)29-28(35)37-17-24-22-14-8-6-12-20(22)21-13-7-9-15-23(21)24/h3-15,18,24-25,31-32H,16-17H2,1-2H3,(H,29,35)(H,30,33)/t18-,25+/m0/s1. The first-order valence-electron chi connectivity index (χ1n) is 12.2. The van der Waals surface area contributed by atoms with Crippen LogP contribution in [0.5, 0.6) is 0 Å². The van der Waals surface area contributed by atoms with Crippen molar-refractivity contribution in [3.05, 3.63) is 95.6 Å². The summed E-state index contributed by atoms with van der Waals surface area (Å²) in [5, 5.41) is 2.54. The molecule has 2 atom stereocenters. The smallest absolute Gasteiger partial charge is 0.407 e. The Morgan fingerprint density at radius 3 is 2.13 bits per heavy atom. The summed E-state index contributed by atoms with van der Waals surface area (Å²) in [4.78, 5) is 39.6. The SMILES string of the molecule is COC(=O)[C@@H](Cc1ccccc1)NSNNC(=O)[C@H](C)NC(=O)OCC1c2ccccc2-c2ccccc21. The highest BCUT2D eigenvalue weighted by atomic mass is 32.2. The number of fused-ring (bicyclic) bond motifs is 3. The van der Waals surface area contributed by atoms with Crippen LogP contribution in [0.4, 0.5) is 4.79 Å². The minimum atomic E-state index is -0.862. The summed E-state index contributed by atoms with van der Waals surface area (Å²) in [6, 6.07) is 24.1. The molecule has 9 nitrogen and oxygen atoms in total. The number of alkyl carbamates (subject to hydrolysis) is 1. The predicted octanol–water partition coefficient (Wildman–Crippen LogP) is 3.47. The zero-order valence-electron chi connectivity index (χ0n) is 21.1. The second-order valence-corrected chi connectivity index (χ2v) is 9.41. The van der Waals surface area contributed by atoms with E-state index >= 15 is 0 Å². The Hall–Kier alpha value is -3.86. The number of methoxy groups -OCH3 is 1. The molecule has 0 heterocycles. The van der Waals surface area contributed by atoms with Gasteiger partial charge in [-0.3, -0.25) is 15.0 Å². The van der Waals surface area contributed by atoms with Gasteiger partial charge in [0.2, 0.25) is 0 Å². The van der Waals surface area contributed by atoms with Crippen LogP contribution in [0.25, 0.3) is 11.1 Å². The summed E-state index contributed by atoms with van der Waals surface area (Å²) in [6.45, 7) is 1.70. The molecule has 0 aromatic heterocycles. The van der Waals surface area contributed by atoms with E-state index in [2.05, 4.69) is 32.4 Å². The summed E-state index contributed by atoms with van der Waals surface area (Å²) in [5.41, 5.74) is 7.93. The van der Waals surface area contributed by atoms with Gasteiger partial charge in [0, 0.05) is 18.1 Å². The van der Waals surface area contributed by atoms with E-state index in [9.17, 15) is 14.4 Å². The van der Waals surface area contributed by atoms with E-state index in [1.54, 1.807) is 6.92 Å². The summed E-state index contributed by atoms with van der Waals surface area (Å²) in [5.74, 6) is -0.981. The van der Waals surface area contributed by atoms with Crippen LogP contribution >= 0.6 is 12.1 Å². The number of ether oxygens (including phenoxy) is 2. The first-order chi connectivity index (χ1) is 18.5. The highest BCUT2D eigenvalue weighted by Gasteiger charge is 2.29. The van der Waals surface area contributed by atoms with Crippen molar-refractivity contribution < 1.29 is 23.9 Å². The van der Waals surface area contributed by atoms with Crippen molar-refractivity contribution in [3.8, 4) is 11.1 Å². The van der Waals surface area contributed by atoms with Gasteiger partial charge in [-0.25, -0.2) is 9.52 Å². The molecule has 0 fully saturated rings. The van der Waals surface area contributed by atoms with Crippen LogP contribution in [0.3, 0.4) is 0 Å². The van der Waals surface area contributed by atoms with Gasteiger partial charge >= 0.3 is 12.1 Å². The molecule has 0 radical (unpaired) electrons. The van der Waals surface area contributed by atoms with Gasteiger partial charge in [0.15, 0.2) is 0 Å². The van der Waals surface area contributed by atoms with Crippen molar-refractivity contribution in [2.75, 3.05) is 13.7 Å². The van der Waals surface area contributed by atoms with E-state index in [0.29, 0.717) is 6.42 Å². The largest absolute Gasteiger partial charge is 0.468 e. The lowest BCUT2D eigenvalue weighted by Gasteiger charge is -2.18. The first kappa shape index (κ1) is 27.2. The number of carbonyl (C=O) groups excluding carboxylic acids is 3. The van der Waals surface area contributed by atoms with Gasteiger partial charge in [-0.1, -0.05) is 78.9 Å². The number of hydrogen-bond acceptors (Lipinski definition) is 8. The monoisotopic (exact) mass is 534 g/mol. The molecule has 3 aromatic carbocycles. The number of esters is 1. The zero-order valence-corrected chi connectivity index (χ0v) is 21.9. The normalized spacial score (nSPS) is 13.5. The summed E-state index contributed by atoms with van der Waals surface area (Å²) in [6.07, 6.45) is -0.274. The van der Waals surface area contributed by atoms with E-state index in [4.69, 9.17) is 9.47 Å². The molecule has 1 aliphatic rings. The molecule has 0 saturated carbocycles. The minimum absolute atomic E-state index is 0.0694. The zero-order chi connectivity index (χ0) is 26.9. The fourth-order valence-electron chi connectivity index (χ4n) is 4.33. The second-order valence-electron chi connectivity index (χ2n) is 8.77. The number of amides is 2. The predicted molar refractivity (Wildman–Crippen MR) is 146 cm³/mol. The second kappa shape index (κ2) is 13.1. The van der Waals surface area contributed by atoms with Gasteiger partial charge in [0.1, 0.15) is 18.7 Å². The Bertz CT molecular complexity index is 1230. The van der Waals surface area contributed by atoms with Gasteiger partial charge in [-0.05, 0) is 41.2 Å². The molecular formula is C28H30N4O5S. The maximum atomic E-state index is 12.4. The third-order valence-corrected chi connectivity index (χ3v) is 6.87. The maximum Gasteiger partial charge on any atom is 0.407 e. The number of rotatable bonds is 11. The molecule has 4 N–H and O–H groups in total. The van der Waals surface area contributed by atoms with Gasteiger partial charge in [0.25, 0.3) is 5.91 Å². The average Bonchev–Trinajstić information content (AvgIpc) is 3.27. The molecule has 0 unspecified atom stereocenters. The molecule has 0 spiro atoms. The van der Waals surface area contributed by atoms with Crippen LogP contribution in [0, 0.1) is 0 Å². The van der Waals surface area contributed by atoms with Crippen LogP contribution in [-0.4, -0.2) is 43.8 Å². The van der Waals surface area contributed by atoms with Crippen LogP contribution in [0.15, 0.2) is 78.9 Å². The third kappa shape index (κ3) is 6.71. The Morgan fingerprint density at radius 1 is 0.895 bits per heavy atom. The van der Waals surface area contributed by atoms with Crippen molar-refractivity contribution in [1.29, 1.82) is 0 Å². The summed E-state index contributed by atoms with van der Waals surface area (Å²) < 4.78 is 13.3. The molecule has 1 aliphatic carbocycles. The van der Waals surface area contributed by atoms with Crippen LogP contribution < -0.4 is 20.3 Å². The lowest BCUT2D eigenvalue weighted by Crippen LogP contribution is -2.49. The Balaban J connectivity index is 1.21. The number of hydrazine groups is 1. The molecule has 38 heavy (non-hydrogen) atoms. The summed E-state index contributed by atoms with van der Waals surface area (Å²) >= 11 is 0.926. The van der Waals surface area contributed by atoms with Gasteiger partial charge in [-0.2, -0.15) is 4.83 Å². The Labute approximate surface area is 225 Å². The molecule has 0 saturated heterocycles. The molecule has 2 amide bonds. The van der Waals surface area contributed by atoms with Gasteiger partial charge in [0.05, 0.1) is 7.11 Å². The fraction of sp³-hybridized carbons (Fsp3) is 0.250. The fourth-order valence-corrected chi connectivity index (χ4v) is 4.86. The van der Waals surface area contributed by atoms with E-state index in [0.717, 1.165) is 40.0 Å². The van der Waals surface area contributed by atoms with Crippen LogP contribution in [-0.2, 0) is 25.5 Å². The van der Waals surface area contributed by atoms with Crippen LogP contribution in [0.1, 0.15) is 29.5 Å². The Morgan fingerprint density at radius 2 is 1.50 bits per heavy atom. The topological polar surface area (TPSA) is 118 Å². The van der Waals surface area contributed by atoms with Crippen LogP contribution in [0.2, 0.25) is 0 Å². The number of nitrogens with one attached hydrogen (secondary N) is 4. The maximum absolute atomic E-state index is 12.4. The minimum Gasteiger partial charge on any atom is -0.468 e. The van der Waals surface area contributed by atoms with Crippen molar-refractivity contribution in [2.24, 2.45) is 0 Å². The average molecular weight is 535 g/mol. The van der Waals surface area contributed by atoms with E-state index in [1.165, 1.54) is 7.11 Å². The Kier molecular flexibility index (Phi) is 9.36. The molecular weight excluding hydrogens is 504 g/mol. The van der Waals surface area contributed by atoms with Crippen molar-refractivity contribution >= 4 is 30.1 Å². The van der Waals surface area contributed by atoms with Crippen molar-refractivity contribution in [3.63, 3.8) is 0 Å². The molecule has 0 bridgehead atoms. The quantitative estimate of drug-likeness (QED) is 0.128. The molecule has 198 valence electrons. The van der Waals surface area contributed by atoms with Gasteiger partial charge in [-0.15, -0.1) is 0 Å². The lowest BCUT2D eigenvalue weighted by atomic mass is 9.98. The third-order valence-electron chi connectivity index (χ3n) is 6.27. The van der Waals surface area contributed by atoms with Crippen molar-refractivity contribution in [1.82, 2.24) is 20.3 Å². The highest BCUT2D eigenvalue weighted by Crippen LogP contribution is 2.44. The molecule has 3 aromatic rings.